The molecule has 36 heavy (non-hydrogen) atoms. The van der Waals surface area contributed by atoms with E-state index in [1.54, 1.807) is 0 Å². The molecule has 1 saturated heterocycles. The first-order valence-electron chi connectivity index (χ1n) is 11.7. The first-order valence-corrected chi connectivity index (χ1v) is 13.1. The largest absolute Gasteiger partial charge is 0.355 e. The van der Waals surface area contributed by atoms with Crippen LogP contribution in [0.15, 0.2) is 51.9 Å². The molecule has 10 heteroatoms. The Balaban J connectivity index is 1.46. The van der Waals surface area contributed by atoms with Gasteiger partial charge >= 0.3 is 0 Å². The van der Waals surface area contributed by atoms with E-state index in [2.05, 4.69) is 10.5 Å². The van der Waals surface area contributed by atoms with Gasteiger partial charge in [0.15, 0.2) is 10.7 Å². The fraction of sp³-hybridized carbons (Fsp3) is 0.308. The van der Waals surface area contributed by atoms with Crippen LogP contribution >= 0.6 is 0 Å². The monoisotopic (exact) mass is 515 g/mol. The van der Waals surface area contributed by atoms with Crippen molar-refractivity contribution in [1.29, 1.82) is 0 Å². The number of piperidine rings is 1. The molecule has 1 aliphatic rings. The topological polar surface area (TPSA) is 92.5 Å². The molecule has 1 N–H and O–H groups in total. The van der Waals surface area contributed by atoms with Crippen molar-refractivity contribution in [3.05, 3.63) is 76.7 Å². The average Bonchev–Trinajstić information content (AvgIpc) is 3.25. The summed E-state index contributed by atoms with van der Waals surface area (Å²) in [4.78, 5) is 12.7. The van der Waals surface area contributed by atoms with Gasteiger partial charge in [-0.1, -0.05) is 30.3 Å². The van der Waals surface area contributed by atoms with Crippen LogP contribution < -0.4 is 5.32 Å². The molecule has 0 atom stereocenters. The molecule has 7 nitrogen and oxygen atoms in total. The van der Waals surface area contributed by atoms with Gasteiger partial charge in [-0.15, -0.1) is 0 Å². The zero-order valence-corrected chi connectivity index (χ0v) is 20.8. The van der Waals surface area contributed by atoms with Gasteiger partial charge in [0.2, 0.25) is 15.9 Å². The maximum Gasteiger partial charge on any atom is 0.248 e. The van der Waals surface area contributed by atoms with Crippen LogP contribution in [-0.4, -0.2) is 36.9 Å². The molecular formula is C26H27F2N3O4S. The molecule has 1 fully saturated rings. The molecule has 1 aromatic heterocycles. The Bertz CT molecular complexity index is 1390. The predicted molar refractivity (Wildman–Crippen MR) is 132 cm³/mol. The average molecular weight is 516 g/mol. The number of nitrogens with one attached hydrogen (secondary N) is 1. The lowest BCUT2D eigenvalue weighted by molar-refractivity contribution is -0.120. The Hall–Kier alpha value is -3.37. The smallest absolute Gasteiger partial charge is 0.248 e. The first-order chi connectivity index (χ1) is 17.2. The van der Waals surface area contributed by atoms with Crippen molar-refractivity contribution < 1.29 is 26.5 Å². The molecule has 0 radical (unpaired) electrons. The number of nitrogens with zero attached hydrogens (tertiary/aromatic N) is 2. The normalized spacial score (nSPS) is 15.4. The van der Waals surface area contributed by atoms with E-state index in [0.29, 0.717) is 12.8 Å². The Kier molecular flexibility index (Phi) is 7.65. The van der Waals surface area contributed by atoms with Crippen LogP contribution in [0.2, 0.25) is 0 Å². The maximum atomic E-state index is 14.0. The number of aromatic nitrogens is 1. The predicted octanol–water partition coefficient (Wildman–Crippen LogP) is 5.03. The molecule has 2 heterocycles. The number of anilines is 1. The number of sulfonamides is 1. The fourth-order valence-corrected chi connectivity index (χ4v) is 5.99. The first kappa shape index (κ1) is 25.7. The molecule has 2 aromatic carbocycles. The highest BCUT2D eigenvalue weighted by Gasteiger charge is 2.36. The van der Waals surface area contributed by atoms with Gasteiger partial charge in [0.1, 0.15) is 17.3 Å². The van der Waals surface area contributed by atoms with Crippen LogP contribution in [-0.2, 0) is 21.2 Å². The van der Waals surface area contributed by atoms with Gasteiger partial charge in [0.05, 0.1) is 0 Å². The van der Waals surface area contributed by atoms with Crippen LogP contribution in [0, 0.1) is 24.5 Å². The summed E-state index contributed by atoms with van der Waals surface area (Å²) in [6.45, 7) is 3.85. The number of rotatable bonds is 7. The summed E-state index contributed by atoms with van der Waals surface area (Å²) in [5.74, 6) is -1.99. The second kappa shape index (κ2) is 10.7. The minimum atomic E-state index is -3.98. The second-order valence-electron chi connectivity index (χ2n) is 8.64. The number of hydrogen-bond acceptors (Lipinski definition) is 5. The van der Waals surface area contributed by atoms with Crippen LogP contribution in [0.25, 0.3) is 12.2 Å². The van der Waals surface area contributed by atoms with Crippen LogP contribution in [0.5, 0.6) is 0 Å². The number of hydrogen-bond donors (Lipinski definition) is 1. The summed E-state index contributed by atoms with van der Waals surface area (Å²) in [6.07, 6.45) is 4.13. The van der Waals surface area contributed by atoms with Crippen LogP contribution in [0.3, 0.4) is 0 Å². The van der Waals surface area contributed by atoms with Crippen molar-refractivity contribution in [3.63, 3.8) is 0 Å². The number of para-hydroxylation sites is 1. The summed E-state index contributed by atoms with van der Waals surface area (Å²) in [5, 5.41) is 6.76. The second-order valence-corrected chi connectivity index (χ2v) is 10.5. The van der Waals surface area contributed by atoms with Gasteiger partial charge in [-0.05, 0) is 62.1 Å². The van der Waals surface area contributed by atoms with Gasteiger partial charge in [0.25, 0.3) is 0 Å². The fourth-order valence-electron chi connectivity index (χ4n) is 4.27. The highest BCUT2D eigenvalue weighted by Crippen LogP contribution is 2.30. The Morgan fingerprint density at radius 3 is 2.58 bits per heavy atom. The molecule has 3 aromatic rings. The molecule has 4 rings (SSSR count). The Morgan fingerprint density at radius 2 is 1.89 bits per heavy atom. The standard InChI is InChI=1S/C26H27F2N3O4S/c1-3-18-6-4-5-7-23(18)29-26(32)20-12-14-31(15-13-20)36(33,34)25-17(2)30-35-24(25)11-9-19-8-10-21(27)16-22(19)28/h4-11,16,20H,3,12-15H2,1-2H3,(H,29,32)/b11-9+. The molecular weight excluding hydrogens is 488 g/mol. The van der Waals surface area contributed by atoms with Crippen molar-refractivity contribution >= 4 is 33.8 Å². The maximum absolute atomic E-state index is 14.0. The quantitative estimate of drug-likeness (QED) is 0.476. The molecule has 0 spiro atoms. The summed E-state index contributed by atoms with van der Waals surface area (Å²) in [7, 11) is -3.98. The van der Waals surface area contributed by atoms with Crippen molar-refractivity contribution in [1.82, 2.24) is 9.46 Å². The minimum Gasteiger partial charge on any atom is -0.355 e. The number of aryl methyl sites for hydroxylation is 2. The third-order valence-electron chi connectivity index (χ3n) is 6.29. The summed E-state index contributed by atoms with van der Waals surface area (Å²) >= 11 is 0. The van der Waals surface area contributed by atoms with Crippen molar-refractivity contribution in [3.8, 4) is 0 Å². The highest BCUT2D eigenvalue weighted by molar-refractivity contribution is 7.89. The van der Waals surface area contributed by atoms with E-state index in [-0.39, 0.29) is 46.8 Å². The Labute approximate surface area is 208 Å². The van der Waals surface area contributed by atoms with Gasteiger partial charge < -0.3 is 9.84 Å². The van der Waals surface area contributed by atoms with Crippen LogP contribution in [0.1, 0.15) is 42.3 Å². The van der Waals surface area contributed by atoms with E-state index in [9.17, 15) is 22.0 Å². The lowest BCUT2D eigenvalue weighted by Crippen LogP contribution is -2.41. The number of amides is 1. The Morgan fingerprint density at radius 1 is 1.17 bits per heavy atom. The number of benzene rings is 2. The van der Waals surface area contributed by atoms with E-state index < -0.39 is 21.7 Å². The summed E-state index contributed by atoms with van der Waals surface area (Å²) in [5.41, 5.74) is 2.06. The molecule has 1 amide bonds. The SMILES string of the molecule is CCc1ccccc1NC(=O)C1CCN(S(=O)(=O)c2c(C)noc2/C=C/c2ccc(F)cc2F)CC1. The molecule has 0 aliphatic carbocycles. The zero-order chi connectivity index (χ0) is 25.9. The lowest BCUT2D eigenvalue weighted by atomic mass is 9.97. The van der Waals surface area contributed by atoms with Gasteiger partial charge in [-0.2, -0.15) is 4.31 Å². The van der Waals surface area contributed by atoms with Gasteiger partial charge in [-0.3, -0.25) is 4.79 Å². The van der Waals surface area contributed by atoms with Crippen molar-refractivity contribution in [2.45, 2.75) is 38.0 Å². The molecule has 190 valence electrons. The molecule has 0 bridgehead atoms. The highest BCUT2D eigenvalue weighted by atomic mass is 32.2. The van der Waals surface area contributed by atoms with E-state index in [1.807, 2.05) is 31.2 Å². The van der Waals surface area contributed by atoms with Crippen molar-refractivity contribution in [2.75, 3.05) is 18.4 Å². The molecule has 0 unspecified atom stereocenters. The molecule has 1 aliphatic heterocycles. The van der Waals surface area contributed by atoms with E-state index in [4.69, 9.17) is 4.52 Å². The van der Waals surface area contributed by atoms with E-state index in [1.165, 1.54) is 29.4 Å². The lowest BCUT2D eigenvalue weighted by Gasteiger charge is -2.30. The number of halogens is 2. The zero-order valence-electron chi connectivity index (χ0n) is 20.0. The molecule has 0 saturated carbocycles. The van der Waals surface area contributed by atoms with Crippen molar-refractivity contribution in [2.24, 2.45) is 5.92 Å². The number of carbonyl (C=O) groups is 1. The van der Waals surface area contributed by atoms with E-state index in [0.717, 1.165) is 29.8 Å². The van der Waals surface area contributed by atoms with Gasteiger partial charge in [0, 0.05) is 36.3 Å². The minimum absolute atomic E-state index is 0.0488. The third kappa shape index (κ3) is 5.39. The summed E-state index contributed by atoms with van der Waals surface area (Å²) in [6, 6.07) is 10.7. The third-order valence-corrected chi connectivity index (χ3v) is 8.35. The number of carbonyl (C=O) groups excluding carboxylic acids is 1. The van der Waals surface area contributed by atoms with Crippen LogP contribution in [0.4, 0.5) is 14.5 Å². The summed E-state index contributed by atoms with van der Waals surface area (Å²) < 4.78 is 60.5. The van der Waals surface area contributed by atoms with E-state index >= 15 is 0 Å². The van der Waals surface area contributed by atoms with Gasteiger partial charge in [-0.25, -0.2) is 17.2 Å².